The van der Waals surface area contributed by atoms with Crippen LogP contribution in [0, 0.1) is 13.8 Å². The monoisotopic (exact) mass is 483 g/mol. The van der Waals surface area contributed by atoms with Crippen molar-refractivity contribution in [1.82, 2.24) is 4.41 Å². The van der Waals surface area contributed by atoms with Crippen LogP contribution in [0.4, 0.5) is 5.69 Å². The zero-order valence-corrected chi connectivity index (χ0v) is 20.2. The van der Waals surface area contributed by atoms with Crippen LogP contribution in [-0.2, 0) is 20.0 Å². The van der Waals surface area contributed by atoms with Gasteiger partial charge in [0.2, 0.25) is 10.0 Å². The minimum Gasteiger partial charge on any atom is -0.284 e. The zero-order chi connectivity index (χ0) is 23.8. The van der Waals surface area contributed by atoms with Crippen molar-refractivity contribution in [3.8, 4) is 0 Å². The van der Waals surface area contributed by atoms with Gasteiger partial charge < -0.3 is 0 Å². The highest BCUT2D eigenvalue weighted by molar-refractivity contribution is 7.92. The topological polar surface area (TPSA) is 95.9 Å². The lowest BCUT2D eigenvalue weighted by Crippen LogP contribution is -2.27. The van der Waals surface area contributed by atoms with Gasteiger partial charge in [0.1, 0.15) is 0 Å². The molecule has 1 N–H and O–H groups in total. The molecule has 0 radical (unpaired) electrons. The highest BCUT2D eigenvalue weighted by atomic mass is 32.2. The molecule has 0 aliphatic carbocycles. The van der Waals surface area contributed by atoms with Crippen LogP contribution < -0.4 is 4.72 Å². The summed E-state index contributed by atoms with van der Waals surface area (Å²) in [5.74, 6) is 0. The number of nitrogens with zero attached hydrogens (tertiary/aromatic N) is 2. The number of benzene rings is 3. The summed E-state index contributed by atoms with van der Waals surface area (Å²) < 4.78 is 53.7. The maximum Gasteiger partial charge on any atom is 0.279 e. The molecule has 1 heterocycles. The van der Waals surface area contributed by atoms with Gasteiger partial charge in [-0.15, -0.1) is 0 Å². The molecule has 172 valence electrons. The second-order valence-electron chi connectivity index (χ2n) is 8.22. The summed E-state index contributed by atoms with van der Waals surface area (Å²) in [5, 5.41) is 4.54. The van der Waals surface area contributed by atoms with Gasteiger partial charge in [0.05, 0.1) is 22.9 Å². The molecule has 0 saturated heterocycles. The van der Waals surface area contributed by atoms with Gasteiger partial charge >= 0.3 is 0 Å². The third kappa shape index (κ3) is 5.09. The molecule has 0 bridgehead atoms. The molecule has 1 atom stereocenters. The predicted octanol–water partition coefficient (Wildman–Crippen LogP) is 4.21. The second kappa shape index (κ2) is 8.64. The van der Waals surface area contributed by atoms with Gasteiger partial charge in [0.25, 0.3) is 10.0 Å². The van der Waals surface area contributed by atoms with Crippen molar-refractivity contribution in [2.24, 2.45) is 5.10 Å². The number of aryl methyl sites for hydroxylation is 2. The normalized spacial score (nSPS) is 16.5. The lowest BCUT2D eigenvalue weighted by molar-refractivity contribution is 0.371. The minimum atomic E-state index is -3.88. The Bertz CT molecular complexity index is 1410. The Labute approximate surface area is 194 Å². The number of hydrogen-bond donors (Lipinski definition) is 1. The molecule has 7 nitrogen and oxygen atoms in total. The fraction of sp³-hybridized carbons (Fsp3) is 0.208. The Morgan fingerprint density at radius 3 is 2.15 bits per heavy atom. The summed E-state index contributed by atoms with van der Waals surface area (Å²) >= 11 is 0. The van der Waals surface area contributed by atoms with Crippen LogP contribution in [0.5, 0.6) is 0 Å². The van der Waals surface area contributed by atoms with E-state index in [1.54, 1.807) is 48.5 Å². The summed E-state index contributed by atoms with van der Waals surface area (Å²) in [5.41, 5.74) is 4.64. The molecule has 0 amide bonds. The van der Waals surface area contributed by atoms with E-state index in [0.29, 0.717) is 17.8 Å². The Hall–Kier alpha value is -3.17. The van der Waals surface area contributed by atoms with Crippen molar-refractivity contribution in [3.63, 3.8) is 0 Å². The maximum atomic E-state index is 13.5. The fourth-order valence-electron chi connectivity index (χ4n) is 3.77. The smallest absolute Gasteiger partial charge is 0.279 e. The zero-order valence-electron chi connectivity index (χ0n) is 18.6. The molecule has 3 aromatic rings. The molecule has 1 aliphatic heterocycles. The van der Waals surface area contributed by atoms with Gasteiger partial charge in [0, 0.05) is 12.1 Å². The SMILES string of the molecule is Cc1ccc(S(=O)(=O)N2N=C(c3ccc(NS(C)(=O)=O)cc3)CC2c2cccc(C)c2)cc1. The average molecular weight is 484 g/mol. The van der Waals surface area contributed by atoms with Gasteiger partial charge in [-0.3, -0.25) is 4.72 Å². The molecule has 0 aromatic heterocycles. The van der Waals surface area contributed by atoms with Crippen LogP contribution in [0.25, 0.3) is 0 Å². The Morgan fingerprint density at radius 1 is 0.879 bits per heavy atom. The highest BCUT2D eigenvalue weighted by Gasteiger charge is 2.37. The van der Waals surface area contributed by atoms with Crippen LogP contribution in [0.15, 0.2) is 82.8 Å². The third-order valence-electron chi connectivity index (χ3n) is 5.39. The third-order valence-corrected chi connectivity index (χ3v) is 7.69. The minimum absolute atomic E-state index is 0.184. The molecular formula is C24H25N3O4S2. The van der Waals surface area contributed by atoms with Gasteiger partial charge in [-0.05, 0) is 49.2 Å². The lowest BCUT2D eigenvalue weighted by atomic mass is 9.98. The van der Waals surface area contributed by atoms with E-state index < -0.39 is 26.1 Å². The first-order valence-corrected chi connectivity index (χ1v) is 13.7. The molecule has 33 heavy (non-hydrogen) atoms. The largest absolute Gasteiger partial charge is 0.284 e. The molecule has 3 aromatic carbocycles. The van der Waals surface area contributed by atoms with Gasteiger partial charge in [-0.25, -0.2) is 8.42 Å². The van der Waals surface area contributed by atoms with Crippen molar-refractivity contribution in [3.05, 3.63) is 95.1 Å². The van der Waals surface area contributed by atoms with E-state index in [2.05, 4.69) is 9.82 Å². The van der Waals surface area contributed by atoms with Gasteiger partial charge in [-0.2, -0.15) is 17.9 Å². The first-order chi connectivity index (χ1) is 15.5. The number of hydrogen-bond acceptors (Lipinski definition) is 5. The molecule has 4 rings (SSSR count). The van der Waals surface area contributed by atoms with E-state index in [1.165, 1.54) is 4.41 Å². The summed E-state index contributed by atoms with van der Waals surface area (Å²) in [6, 6.07) is 20.7. The van der Waals surface area contributed by atoms with E-state index in [-0.39, 0.29) is 4.90 Å². The van der Waals surface area contributed by atoms with Crippen LogP contribution in [0.1, 0.15) is 34.7 Å². The van der Waals surface area contributed by atoms with Crippen molar-refractivity contribution < 1.29 is 16.8 Å². The molecule has 1 aliphatic rings. The summed E-state index contributed by atoms with van der Waals surface area (Å²) in [4.78, 5) is 0.184. The highest BCUT2D eigenvalue weighted by Crippen LogP contribution is 2.37. The summed E-state index contributed by atoms with van der Waals surface area (Å²) in [7, 11) is -7.27. The molecule has 0 saturated carbocycles. The lowest BCUT2D eigenvalue weighted by Gasteiger charge is -2.23. The number of rotatable bonds is 6. The first kappa shape index (κ1) is 23.0. The molecule has 1 unspecified atom stereocenters. The average Bonchev–Trinajstić information content (AvgIpc) is 3.20. The number of nitrogens with one attached hydrogen (secondary N) is 1. The van der Waals surface area contributed by atoms with Gasteiger partial charge in [0.15, 0.2) is 0 Å². The first-order valence-electron chi connectivity index (χ1n) is 10.4. The van der Waals surface area contributed by atoms with Crippen LogP contribution in [0.3, 0.4) is 0 Å². The number of anilines is 1. The molecular weight excluding hydrogens is 458 g/mol. The van der Waals surface area contributed by atoms with Gasteiger partial charge in [-0.1, -0.05) is 59.7 Å². The number of hydrazone groups is 1. The molecule has 0 fully saturated rings. The van der Waals surface area contributed by atoms with E-state index >= 15 is 0 Å². The van der Waals surface area contributed by atoms with E-state index in [4.69, 9.17) is 0 Å². The number of sulfonamides is 2. The molecule has 9 heteroatoms. The fourth-order valence-corrected chi connectivity index (χ4v) is 5.77. The molecule has 0 spiro atoms. The predicted molar refractivity (Wildman–Crippen MR) is 130 cm³/mol. The van der Waals surface area contributed by atoms with E-state index in [1.807, 2.05) is 38.1 Å². The Kier molecular flexibility index (Phi) is 6.02. The van der Waals surface area contributed by atoms with Crippen LogP contribution in [0.2, 0.25) is 0 Å². The summed E-state index contributed by atoms with van der Waals surface area (Å²) in [6.45, 7) is 3.87. The van der Waals surface area contributed by atoms with Crippen molar-refractivity contribution >= 4 is 31.4 Å². The Morgan fingerprint density at radius 2 is 1.55 bits per heavy atom. The van der Waals surface area contributed by atoms with E-state index in [9.17, 15) is 16.8 Å². The quantitative estimate of drug-likeness (QED) is 0.568. The van der Waals surface area contributed by atoms with Crippen molar-refractivity contribution in [1.29, 1.82) is 0 Å². The van der Waals surface area contributed by atoms with Crippen molar-refractivity contribution in [2.75, 3.05) is 11.0 Å². The van der Waals surface area contributed by atoms with E-state index in [0.717, 1.165) is 28.5 Å². The Balaban J connectivity index is 1.74. The van der Waals surface area contributed by atoms with Crippen LogP contribution in [-0.4, -0.2) is 33.2 Å². The maximum absolute atomic E-state index is 13.5. The second-order valence-corrected chi connectivity index (χ2v) is 11.8. The van der Waals surface area contributed by atoms with Crippen LogP contribution >= 0.6 is 0 Å². The standard InChI is InChI=1S/C24H25N3O4S2/c1-17-7-13-22(14-8-17)33(30,31)27-24(20-6-4-5-18(2)15-20)16-23(25-27)19-9-11-21(12-10-19)26-32(3,28)29/h4-15,24,26H,16H2,1-3H3. The summed E-state index contributed by atoms with van der Waals surface area (Å²) in [6.07, 6.45) is 1.48. The van der Waals surface area contributed by atoms with Crippen molar-refractivity contribution in [2.45, 2.75) is 31.2 Å².